The third-order valence-corrected chi connectivity index (χ3v) is 8.07. The van der Waals surface area contributed by atoms with E-state index in [0.717, 1.165) is 16.9 Å². The van der Waals surface area contributed by atoms with Crippen molar-refractivity contribution in [1.29, 1.82) is 0 Å². The van der Waals surface area contributed by atoms with Gasteiger partial charge in [0.05, 0.1) is 0 Å². The van der Waals surface area contributed by atoms with Crippen LogP contribution in [0.5, 0.6) is 0 Å². The van der Waals surface area contributed by atoms with Gasteiger partial charge < -0.3 is 0 Å². The second-order valence-corrected chi connectivity index (χ2v) is 9.17. The van der Waals surface area contributed by atoms with Crippen molar-refractivity contribution in [3.8, 4) is 0 Å². The Morgan fingerprint density at radius 2 is 2.19 bits per heavy atom. The first-order valence-corrected chi connectivity index (χ1v) is 9.84. The standard InChI is InChI=1S/C18H23NOS/c1-19-16-14-5-3-4-8-17(14)11-18(16,19)10-12-6-7-13(21(2)20)9-15(12)17/h6-7,9,14,16H,3-5,8,10-11H2,1-2H3/t14-,16-,17+,18?,19?,21?/m1/s1. The normalized spacial score (nSPS) is 47.2. The maximum Gasteiger partial charge on any atom is 0.0498 e. The molecule has 1 heterocycles. The minimum absolute atomic E-state index is 0.415. The van der Waals surface area contributed by atoms with Crippen LogP contribution in [-0.4, -0.2) is 34.0 Å². The Morgan fingerprint density at radius 1 is 1.33 bits per heavy atom. The summed E-state index contributed by atoms with van der Waals surface area (Å²) in [5.41, 5.74) is 4.02. The van der Waals surface area contributed by atoms with Crippen molar-refractivity contribution in [3.05, 3.63) is 29.3 Å². The highest BCUT2D eigenvalue weighted by atomic mass is 32.2. The number of rotatable bonds is 1. The molecule has 2 bridgehead atoms. The number of likely N-dealkylation sites (tertiary alicyclic amines) is 1. The smallest absolute Gasteiger partial charge is 0.0498 e. The van der Waals surface area contributed by atoms with Crippen molar-refractivity contribution < 1.29 is 4.21 Å². The second-order valence-electron chi connectivity index (χ2n) is 7.79. The molecule has 0 amide bonds. The summed E-state index contributed by atoms with van der Waals surface area (Å²) in [4.78, 5) is 3.69. The molecule has 1 saturated heterocycles. The van der Waals surface area contributed by atoms with Crippen molar-refractivity contribution in [2.24, 2.45) is 5.92 Å². The van der Waals surface area contributed by atoms with Crippen molar-refractivity contribution in [1.82, 2.24) is 4.90 Å². The summed E-state index contributed by atoms with van der Waals surface area (Å²) in [5.74, 6) is 0.845. The number of nitrogens with zero attached hydrogens (tertiary/aromatic N) is 1. The van der Waals surface area contributed by atoms with Crippen LogP contribution in [0.3, 0.4) is 0 Å². The van der Waals surface area contributed by atoms with Crippen molar-refractivity contribution in [2.75, 3.05) is 13.3 Å². The van der Waals surface area contributed by atoms with Gasteiger partial charge in [-0.25, -0.2) is 0 Å². The maximum absolute atomic E-state index is 11.9. The van der Waals surface area contributed by atoms with E-state index in [2.05, 4.69) is 30.1 Å². The number of benzene rings is 1. The van der Waals surface area contributed by atoms with Gasteiger partial charge in [-0.05, 0) is 61.9 Å². The monoisotopic (exact) mass is 301 g/mol. The molecule has 21 heavy (non-hydrogen) atoms. The van der Waals surface area contributed by atoms with Crippen LogP contribution in [-0.2, 0) is 22.6 Å². The van der Waals surface area contributed by atoms with E-state index in [9.17, 15) is 4.21 Å². The van der Waals surface area contributed by atoms with Gasteiger partial charge in [0, 0.05) is 38.9 Å². The molecule has 6 atom stereocenters. The van der Waals surface area contributed by atoms with E-state index in [1.807, 2.05) is 6.26 Å². The zero-order chi connectivity index (χ0) is 14.4. The van der Waals surface area contributed by atoms with Crippen LogP contribution in [0, 0.1) is 5.92 Å². The van der Waals surface area contributed by atoms with Gasteiger partial charge in [0.1, 0.15) is 0 Å². The van der Waals surface area contributed by atoms with Crippen LogP contribution in [0.4, 0.5) is 0 Å². The third-order valence-electron chi connectivity index (χ3n) is 7.15. The lowest BCUT2D eigenvalue weighted by atomic mass is 9.60. The Hall–Kier alpha value is -0.670. The fourth-order valence-electron chi connectivity index (χ4n) is 6.32. The van der Waals surface area contributed by atoms with Crippen molar-refractivity contribution >= 4 is 10.8 Å². The number of hydrogen-bond acceptors (Lipinski definition) is 2. The third kappa shape index (κ3) is 1.36. The molecular formula is C18H23NOS. The van der Waals surface area contributed by atoms with Crippen LogP contribution in [0.1, 0.15) is 43.2 Å². The largest absolute Gasteiger partial charge is 0.294 e. The molecule has 3 fully saturated rings. The van der Waals surface area contributed by atoms with Gasteiger partial charge in [0.25, 0.3) is 0 Å². The SMILES string of the molecule is CN1[C@@H]2[C@H]3CCCC[C@]34CC21Cc1ccc(S(C)=O)cc14. The minimum atomic E-state index is -0.862. The van der Waals surface area contributed by atoms with Crippen LogP contribution in [0.15, 0.2) is 23.1 Å². The summed E-state index contributed by atoms with van der Waals surface area (Å²) in [6, 6.07) is 7.51. The van der Waals surface area contributed by atoms with E-state index >= 15 is 0 Å². The first-order chi connectivity index (χ1) is 10.1. The molecule has 0 radical (unpaired) electrons. The highest BCUT2D eigenvalue weighted by molar-refractivity contribution is 7.84. The Morgan fingerprint density at radius 3 is 3.00 bits per heavy atom. The summed E-state index contributed by atoms with van der Waals surface area (Å²) in [6.45, 7) is 0. The fourth-order valence-corrected chi connectivity index (χ4v) is 6.87. The van der Waals surface area contributed by atoms with E-state index in [1.165, 1.54) is 38.5 Å². The Bertz CT molecular complexity index is 671. The summed E-state index contributed by atoms with van der Waals surface area (Å²) < 4.78 is 11.9. The van der Waals surface area contributed by atoms with Gasteiger partial charge in [0.15, 0.2) is 0 Å². The van der Waals surface area contributed by atoms with Gasteiger partial charge in [-0.1, -0.05) is 18.9 Å². The zero-order valence-electron chi connectivity index (χ0n) is 12.9. The van der Waals surface area contributed by atoms with Gasteiger partial charge in [-0.2, -0.15) is 0 Å². The molecule has 5 rings (SSSR count). The van der Waals surface area contributed by atoms with E-state index < -0.39 is 10.8 Å². The lowest BCUT2D eigenvalue weighted by Crippen LogP contribution is -2.44. The highest BCUT2D eigenvalue weighted by Gasteiger charge is 2.76. The average molecular weight is 301 g/mol. The Kier molecular flexibility index (Phi) is 2.32. The van der Waals surface area contributed by atoms with E-state index in [0.29, 0.717) is 11.0 Å². The molecule has 0 N–H and O–H groups in total. The quantitative estimate of drug-likeness (QED) is 0.743. The number of fused-ring (bicyclic) bond motifs is 2. The number of hydrogen-bond donors (Lipinski definition) is 0. The lowest BCUT2D eigenvalue weighted by molar-refractivity contribution is 0.148. The zero-order valence-corrected chi connectivity index (χ0v) is 13.7. The van der Waals surface area contributed by atoms with Gasteiger partial charge in [-0.15, -0.1) is 0 Å². The first kappa shape index (κ1) is 12.8. The molecule has 2 nitrogen and oxygen atoms in total. The minimum Gasteiger partial charge on any atom is -0.294 e. The maximum atomic E-state index is 11.9. The molecule has 1 aromatic rings. The van der Waals surface area contributed by atoms with Crippen LogP contribution in [0.25, 0.3) is 0 Å². The van der Waals surface area contributed by atoms with Gasteiger partial charge >= 0.3 is 0 Å². The topological polar surface area (TPSA) is 20.1 Å². The fraction of sp³-hybridized carbons (Fsp3) is 0.667. The first-order valence-electron chi connectivity index (χ1n) is 8.28. The molecular weight excluding hydrogens is 278 g/mol. The highest BCUT2D eigenvalue weighted by Crippen LogP contribution is 2.71. The van der Waals surface area contributed by atoms with E-state index in [-0.39, 0.29) is 0 Å². The summed E-state index contributed by atoms with van der Waals surface area (Å²) in [5, 5.41) is 0. The van der Waals surface area contributed by atoms with Crippen LogP contribution >= 0.6 is 0 Å². The molecule has 2 spiro atoms. The predicted molar refractivity (Wildman–Crippen MR) is 85.0 cm³/mol. The molecule has 3 heteroatoms. The summed E-state index contributed by atoms with van der Waals surface area (Å²) in [7, 11) is 1.47. The predicted octanol–water partition coefficient (Wildman–Crippen LogP) is 2.86. The Labute approximate surface area is 129 Å². The molecule has 3 aliphatic carbocycles. The average Bonchev–Trinajstić information content (AvgIpc) is 2.90. The van der Waals surface area contributed by atoms with Gasteiger partial charge in [0.2, 0.25) is 0 Å². The van der Waals surface area contributed by atoms with Crippen LogP contribution in [0.2, 0.25) is 0 Å². The summed E-state index contributed by atoms with van der Waals surface area (Å²) >= 11 is 0. The number of piperidine rings is 1. The molecule has 112 valence electrons. The second kappa shape index (κ2) is 3.80. The molecule has 4 aliphatic rings. The molecule has 3 unspecified atom stereocenters. The lowest BCUT2D eigenvalue weighted by Gasteiger charge is -2.47. The van der Waals surface area contributed by atoms with E-state index in [4.69, 9.17) is 0 Å². The van der Waals surface area contributed by atoms with E-state index in [1.54, 1.807) is 11.1 Å². The molecule has 1 aromatic carbocycles. The van der Waals surface area contributed by atoms with Gasteiger partial charge in [-0.3, -0.25) is 9.11 Å². The van der Waals surface area contributed by atoms with Crippen molar-refractivity contribution in [2.45, 2.75) is 60.4 Å². The Balaban J connectivity index is 1.72. The van der Waals surface area contributed by atoms with Crippen molar-refractivity contribution in [3.63, 3.8) is 0 Å². The molecule has 0 aromatic heterocycles. The van der Waals surface area contributed by atoms with Crippen LogP contribution < -0.4 is 0 Å². The molecule has 1 aliphatic heterocycles. The number of likely N-dealkylation sites (N-methyl/N-ethyl adjacent to an activating group) is 1. The summed E-state index contributed by atoms with van der Waals surface area (Å²) in [6.07, 6.45) is 9.93. The molecule has 2 saturated carbocycles.